The van der Waals surface area contributed by atoms with Crippen LogP contribution in [0.2, 0.25) is 0 Å². The van der Waals surface area contributed by atoms with E-state index in [2.05, 4.69) is 11.4 Å². The lowest BCUT2D eigenvalue weighted by atomic mass is 9.96. The molecule has 1 aromatic heterocycles. The molecular weight excluding hydrogens is 418 g/mol. The zero-order valence-electron chi connectivity index (χ0n) is 16.3. The predicted octanol–water partition coefficient (Wildman–Crippen LogP) is 4.85. The smallest absolute Gasteiger partial charge is 0.262 e. The van der Waals surface area contributed by atoms with Gasteiger partial charge in [-0.05, 0) is 50.3 Å². The van der Waals surface area contributed by atoms with E-state index in [0.717, 1.165) is 47.9 Å². The lowest BCUT2D eigenvalue weighted by Crippen LogP contribution is -2.26. The average molecular weight is 438 g/mol. The summed E-state index contributed by atoms with van der Waals surface area (Å²) >= 11 is 2.53. The molecule has 0 radical (unpaired) electrons. The SMILES string of the molecule is CC(=O)/C(C(=O)Nc1sc2c(c1C#N)CCCC2)=C1\SC=C(O)N1c1ccccc1. The number of ketones is 1. The Kier molecular flexibility index (Phi) is 5.66. The van der Waals surface area contributed by atoms with Gasteiger partial charge in [0, 0.05) is 16.0 Å². The molecule has 0 saturated carbocycles. The number of aryl methyl sites for hydroxylation is 1. The highest BCUT2D eigenvalue weighted by Gasteiger charge is 2.32. The fraction of sp³-hybridized carbons (Fsp3) is 0.227. The van der Waals surface area contributed by atoms with Crippen molar-refractivity contribution >= 4 is 45.5 Å². The molecule has 0 atom stereocenters. The molecule has 0 spiro atoms. The van der Waals surface area contributed by atoms with Crippen LogP contribution in [-0.4, -0.2) is 16.8 Å². The van der Waals surface area contributed by atoms with Gasteiger partial charge in [0.2, 0.25) is 5.88 Å². The van der Waals surface area contributed by atoms with Crippen molar-refractivity contribution in [1.82, 2.24) is 0 Å². The van der Waals surface area contributed by atoms with Crippen LogP contribution < -0.4 is 10.2 Å². The van der Waals surface area contributed by atoms with Crippen LogP contribution in [0.3, 0.4) is 0 Å². The maximum atomic E-state index is 13.2. The second kappa shape index (κ2) is 8.38. The van der Waals surface area contributed by atoms with E-state index in [1.807, 2.05) is 18.2 Å². The molecule has 0 bridgehead atoms. The molecule has 2 heterocycles. The minimum Gasteiger partial charge on any atom is -0.494 e. The number of rotatable bonds is 4. The van der Waals surface area contributed by atoms with E-state index in [-0.39, 0.29) is 11.5 Å². The fourth-order valence-electron chi connectivity index (χ4n) is 3.66. The van der Waals surface area contributed by atoms with Crippen molar-refractivity contribution < 1.29 is 14.7 Å². The Balaban J connectivity index is 1.72. The first-order valence-corrected chi connectivity index (χ1v) is 11.2. The van der Waals surface area contributed by atoms with Gasteiger partial charge in [0.1, 0.15) is 21.7 Å². The van der Waals surface area contributed by atoms with Crippen molar-refractivity contribution in [3.05, 3.63) is 68.2 Å². The number of fused-ring (bicyclic) bond motifs is 1. The van der Waals surface area contributed by atoms with E-state index in [1.54, 1.807) is 12.1 Å². The molecule has 2 aliphatic rings. The third-order valence-electron chi connectivity index (χ3n) is 5.03. The zero-order valence-corrected chi connectivity index (χ0v) is 17.9. The quantitative estimate of drug-likeness (QED) is 0.404. The van der Waals surface area contributed by atoms with Crippen LogP contribution in [0.4, 0.5) is 10.7 Å². The highest BCUT2D eigenvalue weighted by Crippen LogP contribution is 2.41. The van der Waals surface area contributed by atoms with Gasteiger partial charge in [0.15, 0.2) is 5.78 Å². The summed E-state index contributed by atoms with van der Waals surface area (Å²) in [4.78, 5) is 28.2. The van der Waals surface area contributed by atoms with Gasteiger partial charge in [0.25, 0.3) is 5.91 Å². The van der Waals surface area contributed by atoms with E-state index < -0.39 is 11.7 Å². The lowest BCUT2D eigenvalue weighted by molar-refractivity contribution is -0.118. The number of carbonyl (C=O) groups is 2. The molecule has 1 aliphatic heterocycles. The third kappa shape index (κ3) is 3.62. The van der Waals surface area contributed by atoms with Crippen LogP contribution in [0.5, 0.6) is 0 Å². The van der Waals surface area contributed by atoms with E-state index in [4.69, 9.17) is 0 Å². The first-order chi connectivity index (χ1) is 14.5. The highest BCUT2D eigenvalue weighted by molar-refractivity contribution is 8.06. The Hall–Kier alpha value is -3.02. The second-order valence-corrected chi connectivity index (χ2v) is 8.95. The van der Waals surface area contributed by atoms with Gasteiger partial charge >= 0.3 is 0 Å². The van der Waals surface area contributed by atoms with Crippen molar-refractivity contribution in [2.24, 2.45) is 0 Å². The van der Waals surface area contributed by atoms with Crippen LogP contribution in [-0.2, 0) is 22.4 Å². The Morgan fingerprint density at radius 3 is 2.63 bits per heavy atom. The number of carbonyl (C=O) groups excluding carboxylic acids is 2. The van der Waals surface area contributed by atoms with E-state index in [1.165, 1.54) is 28.6 Å². The molecule has 8 heteroatoms. The second-order valence-electron chi connectivity index (χ2n) is 6.98. The topological polar surface area (TPSA) is 93.4 Å². The maximum Gasteiger partial charge on any atom is 0.262 e. The molecule has 152 valence electrons. The number of benzene rings is 1. The molecule has 0 saturated heterocycles. The molecule has 1 aliphatic carbocycles. The molecule has 6 nitrogen and oxygen atoms in total. The molecule has 1 aromatic carbocycles. The minimum atomic E-state index is -0.580. The number of para-hydroxylation sites is 1. The number of thiophene rings is 1. The number of anilines is 2. The summed E-state index contributed by atoms with van der Waals surface area (Å²) in [6.45, 7) is 1.33. The van der Waals surface area contributed by atoms with Crippen molar-refractivity contribution in [3.63, 3.8) is 0 Å². The van der Waals surface area contributed by atoms with Crippen LogP contribution in [0.1, 0.15) is 35.8 Å². The Bertz CT molecular complexity index is 1130. The maximum absolute atomic E-state index is 13.2. The van der Waals surface area contributed by atoms with E-state index >= 15 is 0 Å². The van der Waals surface area contributed by atoms with Gasteiger partial charge in [-0.25, -0.2) is 0 Å². The van der Waals surface area contributed by atoms with Gasteiger partial charge < -0.3 is 10.4 Å². The minimum absolute atomic E-state index is 0.0561. The number of aliphatic hydroxyl groups is 1. The van der Waals surface area contributed by atoms with Crippen molar-refractivity contribution in [3.8, 4) is 6.07 Å². The molecular formula is C22H19N3O3S2. The Morgan fingerprint density at radius 2 is 1.93 bits per heavy atom. The largest absolute Gasteiger partial charge is 0.494 e. The Morgan fingerprint density at radius 1 is 1.20 bits per heavy atom. The fourth-order valence-corrected chi connectivity index (χ4v) is 5.88. The number of nitrogens with one attached hydrogen (secondary N) is 1. The van der Waals surface area contributed by atoms with Crippen LogP contribution in [0.15, 0.2) is 52.2 Å². The lowest BCUT2D eigenvalue weighted by Gasteiger charge is -2.21. The number of hydrogen-bond acceptors (Lipinski definition) is 7. The number of nitrogens with zero attached hydrogens (tertiary/aromatic N) is 2. The van der Waals surface area contributed by atoms with Crippen molar-refractivity contribution in [2.45, 2.75) is 32.6 Å². The molecule has 30 heavy (non-hydrogen) atoms. The number of amides is 1. The van der Waals surface area contributed by atoms with Gasteiger partial charge in [-0.3, -0.25) is 14.5 Å². The van der Waals surface area contributed by atoms with Crippen LogP contribution >= 0.6 is 23.1 Å². The van der Waals surface area contributed by atoms with Gasteiger partial charge in [-0.15, -0.1) is 11.3 Å². The first-order valence-electron chi connectivity index (χ1n) is 9.53. The molecule has 0 unspecified atom stereocenters. The molecule has 4 rings (SSSR count). The van der Waals surface area contributed by atoms with Crippen molar-refractivity contribution in [1.29, 1.82) is 5.26 Å². The number of aliphatic hydroxyl groups excluding tert-OH is 1. The van der Waals surface area contributed by atoms with Gasteiger partial charge in [-0.1, -0.05) is 30.0 Å². The average Bonchev–Trinajstić information content (AvgIpc) is 3.28. The molecule has 1 amide bonds. The number of Topliss-reactive ketones (excluding diaryl/α,β-unsaturated/α-hetero) is 1. The zero-order chi connectivity index (χ0) is 21.3. The summed E-state index contributed by atoms with van der Waals surface area (Å²) < 4.78 is 0. The summed E-state index contributed by atoms with van der Waals surface area (Å²) in [5, 5.41) is 25.1. The molecule has 2 aromatic rings. The summed E-state index contributed by atoms with van der Waals surface area (Å²) in [5.41, 5.74) is 2.10. The number of nitriles is 1. The molecule has 2 N–H and O–H groups in total. The third-order valence-corrected chi connectivity index (χ3v) is 7.17. The van der Waals surface area contributed by atoms with Crippen molar-refractivity contribution in [2.75, 3.05) is 10.2 Å². The number of hydrogen-bond donors (Lipinski definition) is 2. The van der Waals surface area contributed by atoms with E-state index in [9.17, 15) is 20.0 Å². The van der Waals surface area contributed by atoms with E-state index in [0.29, 0.717) is 21.3 Å². The van der Waals surface area contributed by atoms with Gasteiger partial charge in [-0.2, -0.15) is 5.26 Å². The van der Waals surface area contributed by atoms with Crippen LogP contribution in [0.25, 0.3) is 0 Å². The summed E-state index contributed by atoms with van der Waals surface area (Å²) in [7, 11) is 0. The predicted molar refractivity (Wildman–Crippen MR) is 119 cm³/mol. The summed E-state index contributed by atoms with van der Waals surface area (Å²) in [6, 6.07) is 11.3. The number of thioether (sulfide) groups is 1. The first kappa shape index (κ1) is 20.3. The summed E-state index contributed by atoms with van der Waals surface area (Å²) in [5.74, 6) is -1.06. The standard InChI is InChI=1S/C22H19N3O3S2/c1-13(26)19(22-25(18(27)12-29-22)14-7-3-2-4-8-14)20(28)24-21-16(11-23)15-9-5-6-10-17(15)30-21/h2-4,7-8,12,27H,5-6,9-10H2,1H3,(H,24,28)/b22-19+. The van der Waals surface area contributed by atoms with Crippen LogP contribution in [0, 0.1) is 11.3 Å². The van der Waals surface area contributed by atoms with Gasteiger partial charge in [0.05, 0.1) is 5.56 Å². The monoisotopic (exact) mass is 437 g/mol. The Labute approximate surface area is 182 Å². The molecule has 0 fully saturated rings. The summed E-state index contributed by atoms with van der Waals surface area (Å²) in [6.07, 6.45) is 3.84. The normalized spacial score (nSPS) is 17.1. The highest BCUT2D eigenvalue weighted by atomic mass is 32.2.